The number of carbonyl (C=O) groups excluding carboxylic acids is 1. The number of nitrogens with one attached hydrogen (secondary N) is 2. The molecule has 2 aromatic carbocycles. The van der Waals surface area contributed by atoms with Crippen LogP contribution in [0.1, 0.15) is 5.56 Å². The van der Waals surface area contributed by atoms with Crippen LogP contribution >= 0.6 is 11.6 Å². The molecule has 1 amide bonds. The molecule has 0 atom stereocenters. The molecular formula is C18H21ClN2O3. The van der Waals surface area contributed by atoms with Crippen LogP contribution < -0.4 is 20.1 Å². The number of halogens is 1. The van der Waals surface area contributed by atoms with E-state index in [1.807, 2.05) is 24.3 Å². The molecule has 0 aromatic heterocycles. The first kappa shape index (κ1) is 18.1. The molecule has 5 nitrogen and oxygen atoms in total. The number of hydrogen-bond donors (Lipinski definition) is 2. The molecule has 0 fully saturated rings. The minimum atomic E-state index is -0.128. The molecular weight excluding hydrogens is 328 g/mol. The van der Waals surface area contributed by atoms with Gasteiger partial charge in [-0.3, -0.25) is 4.79 Å². The van der Waals surface area contributed by atoms with Crippen molar-refractivity contribution in [2.75, 3.05) is 32.6 Å². The lowest BCUT2D eigenvalue weighted by atomic mass is 10.1. The maximum Gasteiger partial charge on any atom is 0.238 e. The lowest BCUT2D eigenvalue weighted by Crippen LogP contribution is -2.29. The van der Waals surface area contributed by atoms with Crippen molar-refractivity contribution in [1.29, 1.82) is 0 Å². The molecule has 0 heterocycles. The van der Waals surface area contributed by atoms with Gasteiger partial charge in [-0.2, -0.15) is 0 Å². The summed E-state index contributed by atoms with van der Waals surface area (Å²) >= 11 is 6.03. The van der Waals surface area contributed by atoms with Crippen molar-refractivity contribution >= 4 is 23.2 Å². The topological polar surface area (TPSA) is 59.6 Å². The van der Waals surface area contributed by atoms with E-state index in [0.29, 0.717) is 23.0 Å². The van der Waals surface area contributed by atoms with E-state index in [0.717, 1.165) is 17.7 Å². The summed E-state index contributed by atoms with van der Waals surface area (Å²) in [5.41, 5.74) is 1.74. The first-order chi connectivity index (χ1) is 11.6. The van der Waals surface area contributed by atoms with Gasteiger partial charge >= 0.3 is 0 Å². The molecule has 0 unspecified atom stereocenters. The average molecular weight is 349 g/mol. The third-order valence-corrected chi connectivity index (χ3v) is 3.78. The van der Waals surface area contributed by atoms with E-state index in [9.17, 15) is 4.79 Å². The fourth-order valence-corrected chi connectivity index (χ4v) is 2.54. The molecule has 24 heavy (non-hydrogen) atoms. The predicted octanol–water partition coefficient (Wildman–Crippen LogP) is 3.13. The van der Waals surface area contributed by atoms with Gasteiger partial charge in [0.1, 0.15) is 11.5 Å². The Labute approximate surface area is 146 Å². The van der Waals surface area contributed by atoms with Crippen LogP contribution in [0.4, 0.5) is 5.69 Å². The lowest BCUT2D eigenvalue weighted by molar-refractivity contribution is -0.115. The van der Waals surface area contributed by atoms with Gasteiger partial charge in [0, 0.05) is 5.69 Å². The van der Waals surface area contributed by atoms with Crippen molar-refractivity contribution < 1.29 is 14.3 Å². The number of rotatable bonds is 8. The van der Waals surface area contributed by atoms with E-state index >= 15 is 0 Å². The van der Waals surface area contributed by atoms with Gasteiger partial charge in [-0.05, 0) is 42.8 Å². The first-order valence-electron chi connectivity index (χ1n) is 7.60. The molecule has 0 bridgehead atoms. The Morgan fingerprint density at radius 2 is 1.83 bits per heavy atom. The Kier molecular flexibility index (Phi) is 6.90. The Bertz CT molecular complexity index is 692. The van der Waals surface area contributed by atoms with Crippen LogP contribution in [-0.2, 0) is 11.2 Å². The minimum Gasteiger partial charge on any atom is -0.496 e. The van der Waals surface area contributed by atoms with Crippen LogP contribution in [0, 0.1) is 0 Å². The number of amides is 1. The van der Waals surface area contributed by atoms with Gasteiger partial charge in [0.25, 0.3) is 0 Å². The zero-order valence-electron chi connectivity index (χ0n) is 13.8. The third kappa shape index (κ3) is 5.15. The minimum absolute atomic E-state index is 0.128. The van der Waals surface area contributed by atoms with Crippen LogP contribution in [-0.4, -0.2) is 33.2 Å². The number of hydrogen-bond acceptors (Lipinski definition) is 4. The monoisotopic (exact) mass is 348 g/mol. The van der Waals surface area contributed by atoms with Crippen LogP contribution in [0.15, 0.2) is 42.5 Å². The Morgan fingerprint density at radius 1 is 1.08 bits per heavy atom. The normalized spacial score (nSPS) is 10.3. The molecule has 0 aliphatic rings. The molecule has 0 saturated carbocycles. The molecule has 2 aromatic rings. The van der Waals surface area contributed by atoms with Gasteiger partial charge in [0.2, 0.25) is 5.91 Å². The van der Waals surface area contributed by atoms with Gasteiger partial charge in [-0.25, -0.2) is 0 Å². The van der Waals surface area contributed by atoms with Crippen molar-refractivity contribution in [3.63, 3.8) is 0 Å². The largest absolute Gasteiger partial charge is 0.496 e. The number of carbonyl (C=O) groups is 1. The number of methoxy groups -OCH3 is 2. The number of ether oxygens (including phenoxy) is 2. The number of benzene rings is 2. The summed E-state index contributed by atoms with van der Waals surface area (Å²) in [5, 5.41) is 6.36. The maximum absolute atomic E-state index is 11.9. The van der Waals surface area contributed by atoms with Gasteiger partial charge in [0.05, 0.1) is 25.8 Å². The summed E-state index contributed by atoms with van der Waals surface area (Å²) in [6, 6.07) is 13.0. The zero-order chi connectivity index (χ0) is 17.4. The van der Waals surface area contributed by atoms with Crippen molar-refractivity contribution in [2.45, 2.75) is 6.42 Å². The summed E-state index contributed by atoms with van der Waals surface area (Å²) in [7, 11) is 3.20. The Balaban J connectivity index is 1.76. The molecule has 0 radical (unpaired) electrons. The zero-order valence-corrected chi connectivity index (χ0v) is 14.5. The van der Waals surface area contributed by atoms with Crippen molar-refractivity contribution in [2.24, 2.45) is 0 Å². The molecule has 0 spiro atoms. The third-order valence-electron chi connectivity index (χ3n) is 3.48. The van der Waals surface area contributed by atoms with E-state index in [-0.39, 0.29) is 12.5 Å². The Morgan fingerprint density at radius 3 is 2.54 bits per heavy atom. The standard InChI is InChI=1S/C18H21ClN2O3/c1-23-16-6-4-3-5-13(16)9-10-20-12-18(22)21-14-7-8-17(24-2)15(19)11-14/h3-8,11,20H,9-10,12H2,1-2H3,(H,21,22). The van der Waals surface area contributed by atoms with Crippen molar-refractivity contribution in [3.8, 4) is 11.5 Å². The molecule has 0 aliphatic heterocycles. The summed E-state index contributed by atoms with van der Waals surface area (Å²) in [6.45, 7) is 0.899. The summed E-state index contributed by atoms with van der Waals surface area (Å²) in [6.07, 6.45) is 0.783. The van der Waals surface area contributed by atoms with Crippen molar-refractivity contribution in [3.05, 3.63) is 53.1 Å². The van der Waals surface area contributed by atoms with Crippen LogP contribution in [0.5, 0.6) is 11.5 Å². The van der Waals surface area contributed by atoms with E-state index < -0.39 is 0 Å². The van der Waals surface area contributed by atoms with Gasteiger partial charge < -0.3 is 20.1 Å². The maximum atomic E-state index is 11.9. The second kappa shape index (κ2) is 9.15. The fourth-order valence-electron chi connectivity index (χ4n) is 2.28. The van der Waals surface area contributed by atoms with E-state index in [2.05, 4.69) is 10.6 Å². The van der Waals surface area contributed by atoms with Crippen LogP contribution in [0.2, 0.25) is 5.02 Å². The lowest BCUT2D eigenvalue weighted by Gasteiger charge is -2.10. The van der Waals surface area contributed by atoms with Gasteiger partial charge in [0.15, 0.2) is 0 Å². The Hall–Kier alpha value is -2.24. The molecule has 6 heteroatoms. The van der Waals surface area contributed by atoms with E-state index in [4.69, 9.17) is 21.1 Å². The summed E-state index contributed by atoms with van der Waals surface area (Å²) in [5.74, 6) is 1.30. The summed E-state index contributed by atoms with van der Waals surface area (Å²) < 4.78 is 10.4. The highest BCUT2D eigenvalue weighted by Crippen LogP contribution is 2.27. The molecule has 2 rings (SSSR count). The number of anilines is 1. The quantitative estimate of drug-likeness (QED) is 0.720. The molecule has 2 N–H and O–H groups in total. The highest BCUT2D eigenvalue weighted by atomic mass is 35.5. The highest BCUT2D eigenvalue weighted by molar-refractivity contribution is 6.32. The molecule has 0 aliphatic carbocycles. The van der Waals surface area contributed by atoms with E-state index in [1.54, 1.807) is 32.4 Å². The second-order valence-corrected chi connectivity index (χ2v) is 5.54. The SMILES string of the molecule is COc1ccc(NC(=O)CNCCc2ccccc2OC)cc1Cl. The van der Waals surface area contributed by atoms with Gasteiger partial charge in [-0.1, -0.05) is 29.8 Å². The number of para-hydroxylation sites is 1. The second-order valence-electron chi connectivity index (χ2n) is 5.14. The van der Waals surface area contributed by atoms with Crippen LogP contribution in [0.3, 0.4) is 0 Å². The first-order valence-corrected chi connectivity index (χ1v) is 7.98. The van der Waals surface area contributed by atoms with Crippen molar-refractivity contribution in [1.82, 2.24) is 5.32 Å². The van der Waals surface area contributed by atoms with Gasteiger partial charge in [-0.15, -0.1) is 0 Å². The predicted molar refractivity (Wildman–Crippen MR) is 96.2 cm³/mol. The molecule has 128 valence electrons. The average Bonchev–Trinajstić information content (AvgIpc) is 2.59. The van der Waals surface area contributed by atoms with E-state index in [1.165, 1.54) is 0 Å². The summed E-state index contributed by atoms with van der Waals surface area (Å²) in [4.78, 5) is 11.9. The highest BCUT2D eigenvalue weighted by Gasteiger charge is 2.06. The smallest absolute Gasteiger partial charge is 0.238 e. The van der Waals surface area contributed by atoms with Crippen LogP contribution in [0.25, 0.3) is 0 Å². The fraction of sp³-hybridized carbons (Fsp3) is 0.278. The molecule has 0 saturated heterocycles.